The SMILES string of the molecule is Cc1cc(C(N)=O)ccc1CNCC(C)C. The summed E-state index contributed by atoms with van der Waals surface area (Å²) >= 11 is 0. The largest absolute Gasteiger partial charge is 0.366 e. The van der Waals surface area contributed by atoms with Gasteiger partial charge in [-0.1, -0.05) is 19.9 Å². The fraction of sp³-hybridized carbons (Fsp3) is 0.462. The highest BCUT2D eigenvalue weighted by Crippen LogP contribution is 2.10. The van der Waals surface area contributed by atoms with Crippen LogP contribution in [0.5, 0.6) is 0 Å². The van der Waals surface area contributed by atoms with Crippen LogP contribution in [0.15, 0.2) is 18.2 Å². The van der Waals surface area contributed by atoms with Crippen LogP contribution in [-0.2, 0) is 6.54 Å². The van der Waals surface area contributed by atoms with E-state index >= 15 is 0 Å². The van der Waals surface area contributed by atoms with Crippen molar-refractivity contribution >= 4 is 5.91 Å². The summed E-state index contributed by atoms with van der Waals surface area (Å²) in [5, 5.41) is 3.37. The number of amides is 1. The Labute approximate surface area is 97.0 Å². The lowest BCUT2D eigenvalue weighted by Gasteiger charge is -2.10. The van der Waals surface area contributed by atoms with Crippen LogP contribution in [-0.4, -0.2) is 12.5 Å². The van der Waals surface area contributed by atoms with E-state index in [1.807, 2.05) is 19.1 Å². The molecule has 0 saturated heterocycles. The van der Waals surface area contributed by atoms with Gasteiger partial charge in [-0.05, 0) is 42.6 Å². The Morgan fingerprint density at radius 3 is 2.62 bits per heavy atom. The molecular weight excluding hydrogens is 200 g/mol. The molecule has 0 spiro atoms. The molecule has 3 heteroatoms. The van der Waals surface area contributed by atoms with Crippen molar-refractivity contribution in [1.82, 2.24) is 5.32 Å². The molecule has 0 unspecified atom stereocenters. The van der Waals surface area contributed by atoms with Crippen LogP contribution in [0, 0.1) is 12.8 Å². The topological polar surface area (TPSA) is 55.1 Å². The van der Waals surface area contributed by atoms with Crippen LogP contribution in [0.3, 0.4) is 0 Å². The van der Waals surface area contributed by atoms with Gasteiger partial charge in [0.15, 0.2) is 0 Å². The number of primary amides is 1. The van der Waals surface area contributed by atoms with Crippen molar-refractivity contribution in [2.24, 2.45) is 11.7 Å². The first kappa shape index (κ1) is 12.7. The maximum absolute atomic E-state index is 11.0. The number of hydrogen-bond donors (Lipinski definition) is 2. The predicted octanol–water partition coefficient (Wildman–Crippen LogP) is 1.84. The number of hydrogen-bond acceptors (Lipinski definition) is 2. The van der Waals surface area contributed by atoms with Crippen molar-refractivity contribution < 1.29 is 4.79 Å². The molecule has 0 aromatic heterocycles. The lowest BCUT2D eigenvalue weighted by Crippen LogP contribution is -2.19. The second kappa shape index (κ2) is 5.66. The Bertz CT molecular complexity index is 372. The second-order valence-electron chi connectivity index (χ2n) is 4.53. The zero-order chi connectivity index (χ0) is 12.1. The van der Waals surface area contributed by atoms with Gasteiger partial charge in [-0.2, -0.15) is 0 Å². The normalized spacial score (nSPS) is 10.8. The maximum atomic E-state index is 11.0. The standard InChI is InChI=1S/C13H20N2O/c1-9(2)7-15-8-12-5-4-11(13(14)16)6-10(12)3/h4-6,9,15H,7-8H2,1-3H3,(H2,14,16). The predicted molar refractivity (Wildman–Crippen MR) is 66.2 cm³/mol. The molecule has 1 rings (SSSR count). The molecule has 0 fully saturated rings. The zero-order valence-electron chi connectivity index (χ0n) is 10.2. The molecule has 0 radical (unpaired) electrons. The van der Waals surface area contributed by atoms with Crippen molar-refractivity contribution in [1.29, 1.82) is 0 Å². The van der Waals surface area contributed by atoms with Crippen LogP contribution in [0.2, 0.25) is 0 Å². The molecule has 0 atom stereocenters. The molecule has 0 saturated carbocycles. The average Bonchev–Trinajstić information content (AvgIpc) is 2.19. The number of rotatable bonds is 5. The lowest BCUT2D eigenvalue weighted by atomic mass is 10.0. The van der Waals surface area contributed by atoms with Crippen LogP contribution in [0.4, 0.5) is 0 Å². The van der Waals surface area contributed by atoms with Gasteiger partial charge in [-0.3, -0.25) is 4.79 Å². The van der Waals surface area contributed by atoms with Gasteiger partial charge >= 0.3 is 0 Å². The molecule has 16 heavy (non-hydrogen) atoms. The molecule has 0 aliphatic carbocycles. The molecule has 0 bridgehead atoms. The highest BCUT2D eigenvalue weighted by Gasteiger charge is 2.04. The minimum absolute atomic E-state index is 0.371. The molecule has 0 aliphatic rings. The van der Waals surface area contributed by atoms with Crippen molar-refractivity contribution in [2.75, 3.05) is 6.54 Å². The Kier molecular flexibility index (Phi) is 4.50. The van der Waals surface area contributed by atoms with E-state index in [-0.39, 0.29) is 5.91 Å². The second-order valence-corrected chi connectivity index (χ2v) is 4.53. The summed E-state index contributed by atoms with van der Waals surface area (Å²) in [6.07, 6.45) is 0. The summed E-state index contributed by atoms with van der Waals surface area (Å²) in [6, 6.07) is 5.58. The number of carbonyl (C=O) groups is 1. The van der Waals surface area contributed by atoms with E-state index in [4.69, 9.17) is 5.73 Å². The summed E-state index contributed by atoms with van der Waals surface area (Å²) in [4.78, 5) is 11.0. The van der Waals surface area contributed by atoms with E-state index < -0.39 is 0 Å². The third-order valence-corrected chi connectivity index (χ3v) is 2.50. The number of benzene rings is 1. The number of aryl methyl sites for hydroxylation is 1. The summed E-state index contributed by atoms with van der Waals surface area (Å²) in [5.74, 6) is 0.273. The smallest absolute Gasteiger partial charge is 0.248 e. The third-order valence-electron chi connectivity index (χ3n) is 2.50. The van der Waals surface area contributed by atoms with Crippen LogP contribution >= 0.6 is 0 Å². The van der Waals surface area contributed by atoms with Crippen molar-refractivity contribution in [3.63, 3.8) is 0 Å². The van der Waals surface area contributed by atoms with Gasteiger partial charge in [0.1, 0.15) is 0 Å². The van der Waals surface area contributed by atoms with Gasteiger partial charge in [0.2, 0.25) is 5.91 Å². The van der Waals surface area contributed by atoms with Crippen LogP contribution in [0.1, 0.15) is 35.3 Å². The Morgan fingerprint density at radius 1 is 1.44 bits per heavy atom. The molecule has 0 aliphatic heterocycles. The van der Waals surface area contributed by atoms with Gasteiger partial charge in [-0.15, -0.1) is 0 Å². The maximum Gasteiger partial charge on any atom is 0.248 e. The average molecular weight is 220 g/mol. The summed E-state index contributed by atoms with van der Waals surface area (Å²) in [6.45, 7) is 8.19. The fourth-order valence-corrected chi connectivity index (χ4v) is 1.54. The highest BCUT2D eigenvalue weighted by molar-refractivity contribution is 5.93. The van der Waals surface area contributed by atoms with E-state index in [1.54, 1.807) is 6.07 Å². The first-order valence-corrected chi connectivity index (χ1v) is 5.60. The Morgan fingerprint density at radius 2 is 2.12 bits per heavy atom. The van der Waals surface area contributed by atoms with E-state index in [0.29, 0.717) is 11.5 Å². The number of nitrogens with one attached hydrogen (secondary N) is 1. The van der Waals surface area contributed by atoms with Gasteiger partial charge < -0.3 is 11.1 Å². The molecule has 88 valence electrons. The zero-order valence-corrected chi connectivity index (χ0v) is 10.2. The fourth-order valence-electron chi connectivity index (χ4n) is 1.54. The van der Waals surface area contributed by atoms with Gasteiger partial charge in [-0.25, -0.2) is 0 Å². The van der Waals surface area contributed by atoms with Crippen LogP contribution in [0.25, 0.3) is 0 Å². The van der Waals surface area contributed by atoms with Crippen molar-refractivity contribution in [3.05, 3.63) is 34.9 Å². The highest BCUT2D eigenvalue weighted by atomic mass is 16.1. The van der Waals surface area contributed by atoms with Crippen LogP contribution < -0.4 is 11.1 Å². The number of carbonyl (C=O) groups excluding carboxylic acids is 1. The molecule has 1 aromatic carbocycles. The molecule has 3 nitrogen and oxygen atoms in total. The molecule has 0 heterocycles. The minimum atomic E-state index is -0.371. The summed E-state index contributed by atoms with van der Waals surface area (Å²) in [7, 11) is 0. The van der Waals surface area contributed by atoms with E-state index in [9.17, 15) is 4.79 Å². The van der Waals surface area contributed by atoms with Gasteiger partial charge in [0, 0.05) is 12.1 Å². The van der Waals surface area contributed by atoms with Gasteiger partial charge in [0.25, 0.3) is 0 Å². The summed E-state index contributed by atoms with van der Waals surface area (Å²) < 4.78 is 0. The monoisotopic (exact) mass is 220 g/mol. The van der Waals surface area contributed by atoms with Gasteiger partial charge in [0.05, 0.1) is 0 Å². The van der Waals surface area contributed by atoms with Crippen molar-refractivity contribution in [3.8, 4) is 0 Å². The first-order chi connectivity index (χ1) is 7.50. The van der Waals surface area contributed by atoms with E-state index in [1.165, 1.54) is 5.56 Å². The number of nitrogens with two attached hydrogens (primary N) is 1. The molecule has 3 N–H and O–H groups in total. The Balaban J connectivity index is 2.64. The molecular formula is C13H20N2O. The Hall–Kier alpha value is -1.35. The molecule has 1 aromatic rings. The summed E-state index contributed by atoms with van der Waals surface area (Å²) in [5.41, 5.74) is 8.11. The van der Waals surface area contributed by atoms with E-state index in [0.717, 1.165) is 18.7 Å². The first-order valence-electron chi connectivity index (χ1n) is 5.60. The molecule has 1 amide bonds. The third kappa shape index (κ3) is 3.66. The lowest BCUT2D eigenvalue weighted by molar-refractivity contribution is 0.1000. The van der Waals surface area contributed by atoms with Crippen molar-refractivity contribution in [2.45, 2.75) is 27.3 Å². The quantitative estimate of drug-likeness (QED) is 0.795. The minimum Gasteiger partial charge on any atom is -0.366 e. The van der Waals surface area contributed by atoms with E-state index in [2.05, 4.69) is 19.2 Å².